The van der Waals surface area contributed by atoms with Gasteiger partial charge in [0.2, 0.25) is 11.8 Å². The Labute approximate surface area is 177 Å². The predicted molar refractivity (Wildman–Crippen MR) is 118 cm³/mol. The van der Waals surface area contributed by atoms with Crippen molar-refractivity contribution < 1.29 is 14.3 Å². The molecule has 2 N–H and O–H groups in total. The van der Waals surface area contributed by atoms with Gasteiger partial charge in [-0.3, -0.25) is 9.59 Å². The number of para-hydroxylation sites is 1. The number of benzene rings is 3. The van der Waals surface area contributed by atoms with E-state index in [1.165, 1.54) is 6.21 Å². The minimum absolute atomic E-state index is 0.341. The molecule has 0 saturated carbocycles. The fourth-order valence-electron chi connectivity index (χ4n) is 2.80. The number of hydrogen-bond acceptors (Lipinski definition) is 4. The van der Waals surface area contributed by atoms with Crippen molar-refractivity contribution >= 4 is 50.4 Å². The fraction of sp³-hybridized carbons (Fsp3) is 0.136. The van der Waals surface area contributed by atoms with Crippen LogP contribution in [-0.2, 0) is 9.59 Å². The molecule has 29 heavy (non-hydrogen) atoms. The van der Waals surface area contributed by atoms with E-state index in [0.717, 1.165) is 20.8 Å². The molecule has 0 heterocycles. The van der Waals surface area contributed by atoms with E-state index in [2.05, 4.69) is 31.8 Å². The molecule has 6 nitrogen and oxygen atoms in total. The van der Waals surface area contributed by atoms with Crippen molar-refractivity contribution in [1.82, 2.24) is 5.43 Å². The number of hydrogen-bond donors (Lipinski definition) is 2. The summed E-state index contributed by atoms with van der Waals surface area (Å²) >= 11 is 3.35. The largest absolute Gasteiger partial charge is 0.493 e. The van der Waals surface area contributed by atoms with E-state index in [1.54, 1.807) is 18.2 Å². The first-order valence-electron chi connectivity index (χ1n) is 9.09. The molecule has 0 aliphatic rings. The molecule has 3 rings (SSSR count). The van der Waals surface area contributed by atoms with Crippen LogP contribution in [0.3, 0.4) is 0 Å². The second-order valence-corrected chi connectivity index (χ2v) is 6.98. The summed E-state index contributed by atoms with van der Waals surface area (Å²) in [7, 11) is 0. The summed E-state index contributed by atoms with van der Waals surface area (Å²) in [6, 6.07) is 18.9. The Morgan fingerprint density at radius 3 is 2.59 bits per heavy atom. The van der Waals surface area contributed by atoms with Gasteiger partial charge >= 0.3 is 0 Å². The number of carbonyl (C=O) groups excluding carboxylic acids is 2. The molecular weight excluding hydrogens is 434 g/mol. The van der Waals surface area contributed by atoms with Crippen LogP contribution >= 0.6 is 15.9 Å². The highest BCUT2D eigenvalue weighted by molar-refractivity contribution is 9.10. The maximum atomic E-state index is 12.1. The summed E-state index contributed by atoms with van der Waals surface area (Å²) in [6.45, 7) is 2.42. The molecule has 2 amide bonds. The van der Waals surface area contributed by atoms with Gasteiger partial charge in [-0.25, -0.2) is 5.43 Å². The third-order valence-electron chi connectivity index (χ3n) is 4.08. The van der Waals surface area contributed by atoms with Crippen LogP contribution in [0.4, 0.5) is 5.69 Å². The number of fused-ring (bicyclic) bond motifs is 1. The molecule has 0 saturated heterocycles. The lowest BCUT2D eigenvalue weighted by molar-refractivity contribution is -0.126. The van der Waals surface area contributed by atoms with Gasteiger partial charge in [-0.15, -0.1) is 0 Å². The van der Waals surface area contributed by atoms with E-state index in [1.807, 2.05) is 49.4 Å². The molecule has 0 atom stereocenters. The minimum Gasteiger partial charge on any atom is -0.493 e. The molecule has 148 valence electrons. The predicted octanol–water partition coefficient (Wildman–Crippen LogP) is 4.48. The molecule has 0 unspecified atom stereocenters. The van der Waals surface area contributed by atoms with Crippen LogP contribution in [0.15, 0.2) is 70.2 Å². The normalized spacial score (nSPS) is 10.8. The molecular formula is C22H20BrN3O3. The van der Waals surface area contributed by atoms with Crippen LogP contribution < -0.4 is 15.5 Å². The molecule has 3 aromatic carbocycles. The summed E-state index contributed by atoms with van der Waals surface area (Å²) < 4.78 is 6.41. The van der Waals surface area contributed by atoms with Crippen molar-refractivity contribution in [2.24, 2.45) is 5.10 Å². The van der Waals surface area contributed by atoms with Gasteiger partial charge in [-0.1, -0.05) is 42.5 Å². The number of rotatable bonds is 7. The number of anilines is 1. The Hall–Kier alpha value is -3.19. The smallest absolute Gasteiger partial charge is 0.249 e. The van der Waals surface area contributed by atoms with E-state index >= 15 is 0 Å². The van der Waals surface area contributed by atoms with Crippen LogP contribution in [0, 0.1) is 0 Å². The third kappa shape index (κ3) is 5.42. The Morgan fingerprint density at radius 1 is 1.03 bits per heavy atom. The molecule has 0 bridgehead atoms. The van der Waals surface area contributed by atoms with E-state index in [-0.39, 0.29) is 6.42 Å². The van der Waals surface area contributed by atoms with Gasteiger partial charge in [-0.2, -0.15) is 5.10 Å². The molecule has 0 fully saturated rings. The highest BCUT2D eigenvalue weighted by Gasteiger charge is 2.11. The number of nitrogens with zero attached hydrogens (tertiary/aromatic N) is 1. The maximum absolute atomic E-state index is 12.1. The van der Waals surface area contributed by atoms with Crippen molar-refractivity contribution in [3.05, 3.63) is 70.7 Å². The molecule has 3 aromatic rings. The topological polar surface area (TPSA) is 79.8 Å². The van der Waals surface area contributed by atoms with E-state index < -0.39 is 11.8 Å². The Bertz CT molecular complexity index is 1070. The quantitative estimate of drug-likeness (QED) is 0.314. The van der Waals surface area contributed by atoms with Crippen LogP contribution in [0.5, 0.6) is 5.75 Å². The van der Waals surface area contributed by atoms with Crippen LogP contribution in [-0.4, -0.2) is 24.6 Å². The molecule has 0 aliphatic carbocycles. The van der Waals surface area contributed by atoms with E-state index in [4.69, 9.17) is 4.74 Å². The Morgan fingerprint density at radius 2 is 1.79 bits per heavy atom. The first-order valence-corrected chi connectivity index (χ1v) is 9.88. The first-order chi connectivity index (χ1) is 14.1. The van der Waals surface area contributed by atoms with Gasteiger partial charge in [0.1, 0.15) is 12.2 Å². The zero-order valence-electron chi connectivity index (χ0n) is 15.8. The molecule has 0 radical (unpaired) electrons. The number of ether oxygens (including phenoxy) is 1. The van der Waals surface area contributed by atoms with Crippen molar-refractivity contribution in [3.8, 4) is 5.75 Å². The highest BCUT2D eigenvalue weighted by Crippen LogP contribution is 2.26. The lowest BCUT2D eigenvalue weighted by Gasteiger charge is -2.10. The van der Waals surface area contributed by atoms with Gasteiger partial charge in [0.15, 0.2) is 0 Å². The second kappa shape index (κ2) is 9.84. The van der Waals surface area contributed by atoms with Gasteiger partial charge in [-0.05, 0) is 51.8 Å². The Kier molecular flexibility index (Phi) is 6.97. The second-order valence-electron chi connectivity index (χ2n) is 6.13. The summed E-state index contributed by atoms with van der Waals surface area (Å²) in [5.74, 6) is -0.260. The third-order valence-corrected chi connectivity index (χ3v) is 4.77. The SMILES string of the molecule is CCOc1ccc2ccccc2c1C=NNC(=O)CC(=O)Nc1ccccc1Br. The molecule has 7 heteroatoms. The van der Waals surface area contributed by atoms with Crippen molar-refractivity contribution in [3.63, 3.8) is 0 Å². The van der Waals surface area contributed by atoms with E-state index in [9.17, 15) is 9.59 Å². The molecule has 0 aromatic heterocycles. The summed E-state index contributed by atoms with van der Waals surface area (Å²) in [6.07, 6.45) is 1.20. The number of amides is 2. The van der Waals surface area contributed by atoms with Gasteiger partial charge < -0.3 is 10.1 Å². The number of hydrazone groups is 1. The van der Waals surface area contributed by atoms with Crippen LogP contribution in [0.1, 0.15) is 18.9 Å². The standard InChI is InChI=1S/C22H20BrN3O3/c1-2-29-20-12-11-15-7-3-4-8-16(15)17(20)14-24-26-22(28)13-21(27)25-19-10-6-5-9-18(19)23/h3-12,14H,2,13H2,1H3,(H,25,27)(H,26,28). The lowest BCUT2D eigenvalue weighted by atomic mass is 10.0. The number of nitrogens with one attached hydrogen (secondary N) is 2. The van der Waals surface area contributed by atoms with Crippen molar-refractivity contribution in [2.45, 2.75) is 13.3 Å². The summed E-state index contributed by atoms with van der Waals surface area (Å²) in [5.41, 5.74) is 3.77. The van der Waals surface area contributed by atoms with Crippen LogP contribution in [0.25, 0.3) is 10.8 Å². The van der Waals surface area contributed by atoms with Gasteiger partial charge in [0, 0.05) is 10.0 Å². The number of carbonyl (C=O) groups is 2. The maximum Gasteiger partial charge on any atom is 0.249 e. The monoisotopic (exact) mass is 453 g/mol. The van der Waals surface area contributed by atoms with Crippen molar-refractivity contribution in [1.29, 1.82) is 0 Å². The summed E-state index contributed by atoms with van der Waals surface area (Å²) in [5, 5.41) is 8.70. The fourth-order valence-corrected chi connectivity index (χ4v) is 3.19. The number of halogens is 1. The van der Waals surface area contributed by atoms with Crippen LogP contribution in [0.2, 0.25) is 0 Å². The summed E-state index contributed by atoms with van der Waals surface area (Å²) in [4.78, 5) is 24.1. The molecule has 0 aliphatic heterocycles. The Balaban J connectivity index is 1.66. The molecule has 0 spiro atoms. The minimum atomic E-state index is -0.510. The van der Waals surface area contributed by atoms with Gasteiger partial charge in [0.25, 0.3) is 0 Å². The lowest BCUT2D eigenvalue weighted by Crippen LogP contribution is -2.24. The zero-order chi connectivity index (χ0) is 20.6. The van der Waals surface area contributed by atoms with Gasteiger partial charge in [0.05, 0.1) is 18.5 Å². The van der Waals surface area contributed by atoms with Crippen molar-refractivity contribution in [2.75, 3.05) is 11.9 Å². The highest BCUT2D eigenvalue weighted by atomic mass is 79.9. The van der Waals surface area contributed by atoms with E-state index in [0.29, 0.717) is 18.0 Å². The first kappa shape index (κ1) is 20.5. The average molecular weight is 454 g/mol. The average Bonchev–Trinajstić information content (AvgIpc) is 2.71. The zero-order valence-corrected chi connectivity index (χ0v) is 17.4.